The summed E-state index contributed by atoms with van der Waals surface area (Å²) < 4.78 is 11.2. The van der Waals surface area contributed by atoms with Gasteiger partial charge in [0.05, 0.1) is 29.4 Å². The van der Waals surface area contributed by atoms with Crippen molar-refractivity contribution in [2.45, 2.75) is 46.8 Å². The molecular weight excluding hydrogens is 276 g/mol. The summed E-state index contributed by atoms with van der Waals surface area (Å²) in [4.78, 5) is 12.1. The summed E-state index contributed by atoms with van der Waals surface area (Å²) in [5.41, 5.74) is 6.42. The lowest BCUT2D eigenvalue weighted by Gasteiger charge is -2.13. The summed E-state index contributed by atoms with van der Waals surface area (Å²) in [7, 11) is 0. The maximum Gasteiger partial charge on any atom is 0.177 e. The van der Waals surface area contributed by atoms with Crippen molar-refractivity contribution >= 4 is 27.8 Å². The molecule has 1 heterocycles. The Balaban J connectivity index is 2.81. The van der Waals surface area contributed by atoms with E-state index in [1.807, 2.05) is 27.7 Å². The zero-order valence-corrected chi connectivity index (χ0v) is 13.6. The van der Waals surface area contributed by atoms with Gasteiger partial charge in [-0.15, -0.1) is 11.3 Å². The number of nitrogens with two attached hydrogens (primary N) is 1. The molecule has 114 valence electrons. The number of thiophene rings is 1. The van der Waals surface area contributed by atoms with Gasteiger partial charge in [-0.25, -0.2) is 0 Å². The number of carbonyl (C=O) groups is 1. The van der Waals surface area contributed by atoms with Crippen LogP contribution in [0.3, 0.4) is 0 Å². The van der Waals surface area contributed by atoms with Crippen molar-refractivity contribution in [2.24, 2.45) is 0 Å². The van der Waals surface area contributed by atoms with E-state index >= 15 is 0 Å². The molecule has 0 aliphatic rings. The molecule has 0 saturated heterocycles. The van der Waals surface area contributed by atoms with Crippen LogP contribution in [0.1, 0.15) is 44.3 Å². The molecule has 0 saturated carbocycles. The molecule has 0 spiro atoms. The number of anilines is 2. The average molecular weight is 300 g/mol. The Hall–Kier alpha value is -1.27. The van der Waals surface area contributed by atoms with Crippen LogP contribution in [0, 0.1) is 0 Å². The number of rotatable bonds is 8. The summed E-state index contributed by atoms with van der Waals surface area (Å²) in [5, 5.41) is 4.01. The highest BCUT2D eigenvalue weighted by molar-refractivity contribution is 7.19. The predicted octanol–water partition coefficient (Wildman–Crippen LogP) is 3.16. The largest absolute Gasteiger partial charge is 0.486 e. The first-order valence-electron chi connectivity index (χ1n) is 6.78. The van der Waals surface area contributed by atoms with Crippen molar-refractivity contribution in [1.82, 2.24) is 0 Å². The van der Waals surface area contributed by atoms with Gasteiger partial charge in [-0.3, -0.25) is 4.79 Å². The second kappa shape index (κ2) is 7.50. The quantitative estimate of drug-likeness (QED) is 0.570. The van der Waals surface area contributed by atoms with Gasteiger partial charge in [0.1, 0.15) is 5.00 Å². The number of carbonyl (C=O) groups excluding carboxylic acids is 1. The van der Waals surface area contributed by atoms with Gasteiger partial charge in [0.25, 0.3) is 0 Å². The first-order valence-corrected chi connectivity index (χ1v) is 7.59. The third kappa shape index (κ3) is 4.68. The molecule has 0 aliphatic carbocycles. The molecule has 0 atom stereocenters. The molecule has 5 nitrogen and oxygen atoms in total. The molecule has 1 rings (SSSR count). The third-order valence-corrected chi connectivity index (χ3v) is 3.66. The molecule has 20 heavy (non-hydrogen) atoms. The lowest BCUT2D eigenvalue weighted by Crippen LogP contribution is -2.14. The van der Waals surface area contributed by atoms with E-state index in [4.69, 9.17) is 15.2 Å². The molecule has 1 aromatic rings. The van der Waals surface area contributed by atoms with Crippen LogP contribution in [-0.4, -0.2) is 31.1 Å². The molecule has 0 fully saturated rings. The first kappa shape index (κ1) is 16.8. The molecule has 0 aromatic carbocycles. The fourth-order valence-electron chi connectivity index (χ4n) is 1.62. The van der Waals surface area contributed by atoms with Gasteiger partial charge in [0.2, 0.25) is 0 Å². The second-order valence-electron chi connectivity index (χ2n) is 5.07. The number of hydrogen-bond acceptors (Lipinski definition) is 6. The van der Waals surface area contributed by atoms with Crippen molar-refractivity contribution in [1.29, 1.82) is 0 Å². The maximum atomic E-state index is 11.6. The van der Waals surface area contributed by atoms with Crippen LogP contribution < -0.4 is 15.8 Å². The van der Waals surface area contributed by atoms with Crippen LogP contribution in [0.15, 0.2) is 0 Å². The Labute approximate surface area is 124 Å². The summed E-state index contributed by atoms with van der Waals surface area (Å²) in [5.74, 6) is 0.521. The Bertz CT molecular complexity index is 456. The highest BCUT2D eigenvalue weighted by atomic mass is 32.1. The number of nitrogens with one attached hydrogen (secondary N) is 1. The minimum Gasteiger partial charge on any atom is -0.486 e. The summed E-state index contributed by atoms with van der Waals surface area (Å²) in [6.07, 6.45) is 0.198. The van der Waals surface area contributed by atoms with Gasteiger partial charge in [-0.1, -0.05) is 0 Å². The van der Waals surface area contributed by atoms with E-state index in [1.54, 1.807) is 0 Å². The average Bonchev–Trinajstić information content (AvgIpc) is 2.62. The summed E-state index contributed by atoms with van der Waals surface area (Å²) >= 11 is 1.33. The third-order valence-electron chi connectivity index (χ3n) is 2.41. The maximum absolute atomic E-state index is 11.6. The standard InChI is InChI=1S/C14H24N2O3S/c1-8(2)18-7-6-16-14-12(19-9(3)4)11(15)13(20-14)10(5)17/h8-9,16H,6-7,15H2,1-5H3. The number of ketones is 1. The molecule has 0 aliphatic heterocycles. The van der Waals surface area contributed by atoms with E-state index in [1.165, 1.54) is 18.3 Å². The van der Waals surface area contributed by atoms with Crippen molar-refractivity contribution in [2.75, 3.05) is 24.2 Å². The smallest absolute Gasteiger partial charge is 0.177 e. The van der Waals surface area contributed by atoms with Crippen LogP contribution in [-0.2, 0) is 4.74 Å². The predicted molar refractivity (Wildman–Crippen MR) is 84.1 cm³/mol. The first-order chi connectivity index (χ1) is 9.32. The molecular formula is C14H24N2O3S. The van der Waals surface area contributed by atoms with Gasteiger partial charge in [-0.2, -0.15) is 0 Å². The second-order valence-corrected chi connectivity index (χ2v) is 6.09. The normalized spacial score (nSPS) is 11.2. The molecule has 0 amide bonds. The minimum absolute atomic E-state index is 0.000766. The zero-order chi connectivity index (χ0) is 15.3. The van der Waals surface area contributed by atoms with Crippen LogP contribution in [0.25, 0.3) is 0 Å². The van der Waals surface area contributed by atoms with E-state index in [0.717, 1.165) is 5.00 Å². The van der Waals surface area contributed by atoms with Crippen LogP contribution in [0.4, 0.5) is 10.7 Å². The Morgan fingerprint density at radius 1 is 1.30 bits per heavy atom. The molecule has 6 heteroatoms. The highest BCUT2D eigenvalue weighted by Crippen LogP contribution is 2.43. The van der Waals surface area contributed by atoms with Gasteiger partial charge in [-0.05, 0) is 27.7 Å². The fraction of sp³-hybridized carbons (Fsp3) is 0.643. The number of hydrogen-bond donors (Lipinski definition) is 2. The van der Waals surface area contributed by atoms with Crippen LogP contribution >= 0.6 is 11.3 Å². The lowest BCUT2D eigenvalue weighted by atomic mass is 10.3. The van der Waals surface area contributed by atoms with Crippen LogP contribution in [0.5, 0.6) is 5.75 Å². The summed E-state index contributed by atoms with van der Waals surface area (Å²) in [6.45, 7) is 10.6. The Kier molecular flexibility index (Phi) is 6.29. The number of nitrogen functional groups attached to an aromatic ring is 1. The molecule has 0 bridgehead atoms. The monoisotopic (exact) mass is 300 g/mol. The van der Waals surface area contributed by atoms with Crippen molar-refractivity contribution < 1.29 is 14.3 Å². The van der Waals surface area contributed by atoms with Gasteiger partial charge in [0, 0.05) is 13.5 Å². The SMILES string of the molecule is CC(=O)c1sc(NCCOC(C)C)c(OC(C)C)c1N. The van der Waals surface area contributed by atoms with Crippen molar-refractivity contribution in [3.8, 4) is 5.75 Å². The van der Waals surface area contributed by atoms with Gasteiger partial charge in [0.15, 0.2) is 11.5 Å². The van der Waals surface area contributed by atoms with Gasteiger partial charge < -0.3 is 20.5 Å². The number of Topliss-reactive ketones (excluding diaryl/α,β-unsaturated/α-hetero) is 1. The fourth-order valence-corrected chi connectivity index (χ4v) is 2.59. The lowest BCUT2D eigenvalue weighted by molar-refractivity contribution is 0.0870. The van der Waals surface area contributed by atoms with Crippen molar-refractivity contribution in [3.63, 3.8) is 0 Å². The van der Waals surface area contributed by atoms with E-state index in [2.05, 4.69) is 5.32 Å². The number of ether oxygens (including phenoxy) is 2. The van der Waals surface area contributed by atoms with E-state index in [0.29, 0.717) is 29.5 Å². The topological polar surface area (TPSA) is 73.6 Å². The summed E-state index contributed by atoms with van der Waals surface area (Å²) in [6, 6.07) is 0. The minimum atomic E-state index is -0.0485. The molecule has 0 radical (unpaired) electrons. The zero-order valence-electron chi connectivity index (χ0n) is 12.8. The molecule has 3 N–H and O–H groups in total. The van der Waals surface area contributed by atoms with Crippen molar-refractivity contribution in [3.05, 3.63) is 4.88 Å². The Morgan fingerprint density at radius 3 is 2.45 bits per heavy atom. The highest BCUT2D eigenvalue weighted by Gasteiger charge is 2.20. The Morgan fingerprint density at radius 2 is 1.95 bits per heavy atom. The van der Waals surface area contributed by atoms with Crippen LogP contribution in [0.2, 0.25) is 0 Å². The molecule has 1 aromatic heterocycles. The van der Waals surface area contributed by atoms with E-state index in [-0.39, 0.29) is 18.0 Å². The van der Waals surface area contributed by atoms with E-state index < -0.39 is 0 Å². The van der Waals surface area contributed by atoms with E-state index in [9.17, 15) is 4.79 Å². The molecule has 0 unspecified atom stereocenters. The van der Waals surface area contributed by atoms with Gasteiger partial charge >= 0.3 is 0 Å².